The number of para-hydroxylation sites is 1. The van der Waals surface area contributed by atoms with Gasteiger partial charge >= 0.3 is 0 Å². The second-order valence-electron chi connectivity index (χ2n) is 4.97. The van der Waals surface area contributed by atoms with Gasteiger partial charge in [-0.1, -0.05) is 66.8 Å². The zero-order valence-corrected chi connectivity index (χ0v) is 11.5. The van der Waals surface area contributed by atoms with Gasteiger partial charge in [-0.05, 0) is 12.1 Å². The van der Waals surface area contributed by atoms with Crippen molar-refractivity contribution in [3.05, 3.63) is 60.7 Å². The third-order valence-corrected chi connectivity index (χ3v) is 6.02. The van der Waals surface area contributed by atoms with Crippen molar-refractivity contribution < 1.29 is 0 Å². The van der Waals surface area contributed by atoms with Crippen LogP contribution in [0.1, 0.15) is 0 Å². The first kappa shape index (κ1) is 11.9. The third kappa shape index (κ3) is 3.20. The van der Waals surface area contributed by atoms with E-state index in [9.17, 15) is 0 Å². The summed E-state index contributed by atoms with van der Waals surface area (Å²) in [5.41, 5.74) is 1.21. The zero-order valence-electron chi connectivity index (χ0n) is 10.5. The Labute approximate surface area is 105 Å². The van der Waals surface area contributed by atoms with Crippen LogP contribution in [0.25, 0.3) is 0 Å². The minimum atomic E-state index is -1.37. The quantitative estimate of drug-likeness (QED) is 0.810. The van der Waals surface area contributed by atoms with E-state index in [-0.39, 0.29) is 0 Å². The van der Waals surface area contributed by atoms with Crippen molar-refractivity contribution in [3.8, 4) is 0 Å². The first-order valence-electron chi connectivity index (χ1n) is 6.03. The molecule has 88 valence electrons. The van der Waals surface area contributed by atoms with Gasteiger partial charge in [-0.2, -0.15) is 0 Å². The molecular weight excluding hydrogens is 222 g/mol. The molecule has 0 aliphatic heterocycles. The average Bonchev–Trinajstić information content (AvgIpc) is 2.39. The second-order valence-corrected chi connectivity index (χ2v) is 9.67. The summed E-state index contributed by atoms with van der Waals surface area (Å²) in [7, 11) is -1.37. The highest BCUT2D eigenvalue weighted by Gasteiger charge is 2.22. The molecule has 1 nitrogen and oxygen atoms in total. The lowest BCUT2D eigenvalue weighted by molar-refractivity contribution is 1.38. The number of nitrogens with one attached hydrogen (secondary N) is 1. The van der Waals surface area contributed by atoms with Crippen LogP contribution in [0.4, 0.5) is 5.69 Å². The van der Waals surface area contributed by atoms with Crippen molar-refractivity contribution in [2.24, 2.45) is 0 Å². The molecular formula is C15H19NSi. The van der Waals surface area contributed by atoms with Gasteiger partial charge < -0.3 is 5.32 Å². The number of anilines is 1. The fourth-order valence-corrected chi connectivity index (χ4v) is 3.82. The van der Waals surface area contributed by atoms with Crippen molar-refractivity contribution in [1.82, 2.24) is 0 Å². The molecule has 0 saturated carbocycles. The lowest BCUT2D eigenvalue weighted by Gasteiger charge is -2.24. The number of hydrogen-bond acceptors (Lipinski definition) is 1. The Morgan fingerprint density at radius 2 is 1.35 bits per heavy atom. The summed E-state index contributed by atoms with van der Waals surface area (Å²) in [6.07, 6.45) is 1.07. The predicted molar refractivity (Wildman–Crippen MR) is 78.5 cm³/mol. The fourth-order valence-electron chi connectivity index (χ4n) is 1.87. The second kappa shape index (κ2) is 5.19. The van der Waals surface area contributed by atoms with Crippen LogP contribution in [0.5, 0.6) is 0 Å². The SMILES string of the molecule is C[Si](C)(CNc1ccccc1)c1ccccc1. The normalized spacial score (nSPS) is 11.2. The van der Waals surface area contributed by atoms with Gasteiger partial charge in [0.2, 0.25) is 0 Å². The van der Waals surface area contributed by atoms with Gasteiger partial charge in [0, 0.05) is 11.9 Å². The molecule has 0 spiro atoms. The fraction of sp³-hybridized carbons (Fsp3) is 0.200. The summed E-state index contributed by atoms with van der Waals surface area (Å²) in [4.78, 5) is 0. The van der Waals surface area contributed by atoms with Crippen LogP contribution in [-0.2, 0) is 0 Å². The summed E-state index contributed by atoms with van der Waals surface area (Å²) < 4.78 is 0. The Balaban J connectivity index is 2.03. The molecule has 0 heterocycles. The largest absolute Gasteiger partial charge is 0.388 e. The van der Waals surface area contributed by atoms with Crippen LogP contribution < -0.4 is 10.5 Å². The van der Waals surface area contributed by atoms with Crippen molar-refractivity contribution in [1.29, 1.82) is 0 Å². The van der Waals surface area contributed by atoms with Gasteiger partial charge in [0.15, 0.2) is 0 Å². The van der Waals surface area contributed by atoms with Gasteiger partial charge in [0.1, 0.15) is 8.07 Å². The maximum Gasteiger partial charge on any atom is 0.101 e. The van der Waals surface area contributed by atoms with E-state index in [1.165, 1.54) is 10.9 Å². The van der Waals surface area contributed by atoms with E-state index >= 15 is 0 Å². The molecule has 0 aliphatic carbocycles. The van der Waals surface area contributed by atoms with E-state index < -0.39 is 8.07 Å². The molecule has 0 atom stereocenters. The van der Waals surface area contributed by atoms with Crippen molar-refractivity contribution in [2.75, 3.05) is 11.5 Å². The lowest BCUT2D eigenvalue weighted by Crippen LogP contribution is -2.48. The highest BCUT2D eigenvalue weighted by Crippen LogP contribution is 2.08. The number of hydrogen-bond donors (Lipinski definition) is 1. The van der Waals surface area contributed by atoms with Gasteiger partial charge in [0.25, 0.3) is 0 Å². The van der Waals surface area contributed by atoms with E-state index in [0.29, 0.717) is 0 Å². The molecule has 0 fully saturated rings. The van der Waals surface area contributed by atoms with Gasteiger partial charge in [-0.15, -0.1) is 0 Å². The molecule has 0 radical (unpaired) electrons. The average molecular weight is 241 g/mol. The highest BCUT2D eigenvalue weighted by atomic mass is 28.3. The monoisotopic (exact) mass is 241 g/mol. The van der Waals surface area contributed by atoms with Crippen LogP contribution in [0.3, 0.4) is 0 Å². The van der Waals surface area contributed by atoms with Crippen LogP contribution in [0.2, 0.25) is 13.1 Å². The summed E-state index contributed by atoms with van der Waals surface area (Å²) >= 11 is 0. The molecule has 0 aromatic heterocycles. The van der Waals surface area contributed by atoms with Crippen molar-refractivity contribution in [2.45, 2.75) is 13.1 Å². The van der Waals surface area contributed by atoms with Crippen LogP contribution >= 0.6 is 0 Å². The predicted octanol–water partition coefficient (Wildman–Crippen LogP) is 3.25. The molecule has 2 aromatic rings. The molecule has 0 unspecified atom stereocenters. The molecule has 0 amide bonds. The summed E-state index contributed by atoms with van der Waals surface area (Å²) in [6, 6.07) is 21.3. The van der Waals surface area contributed by atoms with Gasteiger partial charge in [-0.25, -0.2) is 0 Å². The Morgan fingerprint density at radius 1 is 0.824 bits per heavy atom. The van der Waals surface area contributed by atoms with E-state index in [2.05, 4.69) is 73.0 Å². The lowest BCUT2D eigenvalue weighted by atomic mass is 10.3. The molecule has 2 heteroatoms. The molecule has 0 aliphatic rings. The van der Waals surface area contributed by atoms with Crippen LogP contribution in [-0.4, -0.2) is 14.2 Å². The Bertz CT molecular complexity index is 451. The molecule has 1 N–H and O–H groups in total. The summed E-state index contributed by atoms with van der Waals surface area (Å²) in [5, 5.41) is 5.05. The Hall–Kier alpha value is -1.54. The maximum atomic E-state index is 3.55. The van der Waals surface area contributed by atoms with Crippen LogP contribution in [0.15, 0.2) is 60.7 Å². The summed E-state index contributed by atoms with van der Waals surface area (Å²) in [5.74, 6) is 0. The van der Waals surface area contributed by atoms with E-state index in [1.807, 2.05) is 6.07 Å². The molecule has 2 aromatic carbocycles. The highest BCUT2D eigenvalue weighted by molar-refractivity contribution is 6.90. The summed E-state index contributed by atoms with van der Waals surface area (Å²) in [6.45, 7) is 4.80. The first-order valence-corrected chi connectivity index (χ1v) is 9.24. The van der Waals surface area contributed by atoms with Gasteiger partial charge in [-0.3, -0.25) is 0 Å². The van der Waals surface area contributed by atoms with E-state index in [0.717, 1.165) is 6.17 Å². The van der Waals surface area contributed by atoms with Crippen molar-refractivity contribution >= 4 is 18.9 Å². The van der Waals surface area contributed by atoms with E-state index in [4.69, 9.17) is 0 Å². The first-order chi connectivity index (χ1) is 8.18. The molecule has 0 saturated heterocycles. The topological polar surface area (TPSA) is 12.0 Å². The van der Waals surface area contributed by atoms with Crippen LogP contribution in [0, 0.1) is 0 Å². The number of rotatable bonds is 4. The Kier molecular flexibility index (Phi) is 3.64. The zero-order chi connectivity index (χ0) is 12.1. The third-order valence-electron chi connectivity index (χ3n) is 3.06. The maximum absolute atomic E-state index is 3.55. The minimum absolute atomic E-state index is 1.07. The Morgan fingerprint density at radius 3 is 1.94 bits per heavy atom. The van der Waals surface area contributed by atoms with Gasteiger partial charge in [0.05, 0.1) is 0 Å². The molecule has 0 bridgehead atoms. The molecule has 17 heavy (non-hydrogen) atoms. The van der Waals surface area contributed by atoms with Crippen molar-refractivity contribution in [3.63, 3.8) is 0 Å². The molecule has 2 rings (SSSR count). The van der Waals surface area contributed by atoms with E-state index in [1.54, 1.807) is 0 Å². The standard InChI is InChI=1S/C15H19NSi/c1-17(2,15-11-7-4-8-12-15)13-16-14-9-5-3-6-10-14/h3-12,16H,13H2,1-2H3. The minimum Gasteiger partial charge on any atom is -0.388 e. The smallest absolute Gasteiger partial charge is 0.101 e. The number of benzene rings is 2.